The Labute approximate surface area is 122 Å². The summed E-state index contributed by atoms with van der Waals surface area (Å²) in [6, 6.07) is 5.85. The highest BCUT2D eigenvalue weighted by Crippen LogP contribution is 2.28. The van der Waals surface area contributed by atoms with Crippen LogP contribution in [-0.4, -0.2) is 19.5 Å². The summed E-state index contributed by atoms with van der Waals surface area (Å²) in [7, 11) is 1.66. The van der Waals surface area contributed by atoms with Gasteiger partial charge in [0, 0.05) is 24.8 Å². The fraction of sp³-hybridized carbons (Fsp3) is 0.588. The average molecular weight is 274 g/mol. The second-order valence-corrected chi connectivity index (χ2v) is 6.12. The molecule has 1 aromatic rings. The third-order valence-electron chi connectivity index (χ3n) is 4.43. The van der Waals surface area contributed by atoms with Gasteiger partial charge >= 0.3 is 0 Å². The minimum atomic E-state index is -0.0269. The summed E-state index contributed by atoms with van der Waals surface area (Å²) in [5.41, 5.74) is 3.01. The molecule has 3 heteroatoms. The third kappa shape index (κ3) is 3.75. The minimum Gasteiger partial charge on any atom is -0.385 e. The molecule has 1 saturated carbocycles. The molecule has 1 aliphatic rings. The second-order valence-electron chi connectivity index (χ2n) is 6.12. The highest BCUT2D eigenvalue weighted by molar-refractivity contribution is 5.94. The van der Waals surface area contributed by atoms with Crippen molar-refractivity contribution in [3.8, 4) is 0 Å². The van der Waals surface area contributed by atoms with Crippen LogP contribution in [0, 0.1) is 18.8 Å². The number of hydrogen-bond donors (Lipinski definition) is 2. The van der Waals surface area contributed by atoms with Gasteiger partial charge in [-0.25, -0.2) is 0 Å². The van der Waals surface area contributed by atoms with Crippen molar-refractivity contribution < 1.29 is 4.79 Å². The van der Waals surface area contributed by atoms with E-state index in [0.717, 1.165) is 35.2 Å². The van der Waals surface area contributed by atoms with Gasteiger partial charge in [-0.05, 0) is 55.4 Å². The lowest BCUT2D eigenvalue weighted by Gasteiger charge is -2.26. The van der Waals surface area contributed by atoms with E-state index in [1.807, 2.05) is 18.2 Å². The molecule has 0 aromatic heterocycles. The van der Waals surface area contributed by atoms with E-state index < -0.39 is 0 Å². The van der Waals surface area contributed by atoms with Crippen LogP contribution >= 0.6 is 0 Å². The van der Waals surface area contributed by atoms with Crippen LogP contribution in [0.4, 0.5) is 5.69 Å². The highest BCUT2D eigenvalue weighted by atomic mass is 16.1. The summed E-state index contributed by atoms with van der Waals surface area (Å²) in [6.07, 6.45) is 5.40. The van der Waals surface area contributed by atoms with Crippen molar-refractivity contribution >= 4 is 11.6 Å². The van der Waals surface area contributed by atoms with Crippen molar-refractivity contribution in [2.24, 2.45) is 11.8 Å². The Morgan fingerprint density at radius 3 is 2.55 bits per heavy atom. The zero-order valence-corrected chi connectivity index (χ0v) is 12.8. The van der Waals surface area contributed by atoms with E-state index in [4.69, 9.17) is 0 Å². The molecule has 0 aliphatic heterocycles. The first-order valence-electron chi connectivity index (χ1n) is 7.66. The summed E-state index contributed by atoms with van der Waals surface area (Å²) in [5.74, 6) is 1.67. The van der Waals surface area contributed by atoms with Crippen LogP contribution in [0.5, 0.6) is 0 Å². The van der Waals surface area contributed by atoms with Crippen molar-refractivity contribution in [1.29, 1.82) is 0 Å². The van der Waals surface area contributed by atoms with Crippen LogP contribution in [0.1, 0.15) is 48.5 Å². The predicted octanol–water partition coefficient (Wildman–Crippen LogP) is 3.59. The van der Waals surface area contributed by atoms with Crippen LogP contribution in [0.2, 0.25) is 0 Å². The van der Waals surface area contributed by atoms with Gasteiger partial charge < -0.3 is 10.6 Å². The van der Waals surface area contributed by atoms with E-state index in [1.54, 1.807) is 7.05 Å². The molecule has 1 fully saturated rings. The summed E-state index contributed by atoms with van der Waals surface area (Å²) in [6.45, 7) is 5.45. The number of anilines is 1. The Hall–Kier alpha value is -1.51. The number of nitrogens with one attached hydrogen (secondary N) is 2. The molecule has 0 saturated heterocycles. The molecule has 20 heavy (non-hydrogen) atoms. The van der Waals surface area contributed by atoms with Gasteiger partial charge in [0.15, 0.2) is 0 Å². The maximum Gasteiger partial charge on any atom is 0.251 e. The zero-order valence-electron chi connectivity index (χ0n) is 12.8. The number of hydrogen-bond acceptors (Lipinski definition) is 2. The molecule has 110 valence electrons. The van der Waals surface area contributed by atoms with Gasteiger partial charge in [-0.15, -0.1) is 0 Å². The zero-order chi connectivity index (χ0) is 14.5. The molecule has 1 aromatic carbocycles. The molecule has 0 unspecified atom stereocenters. The number of rotatable bonds is 4. The molecule has 0 spiro atoms. The summed E-state index contributed by atoms with van der Waals surface area (Å²) >= 11 is 0. The maximum atomic E-state index is 11.6. The first kappa shape index (κ1) is 14.9. The van der Waals surface area contributed by atoms with Gasteiger partial charge in [-0.1, -0.05) is 19.8 Å². The number of aryl methyl sites for hydroxylation is 1. The molecule has 2 rings (SSSR count). The lowest BCUT2D eigenvalue weighted by Crippen LogP contribution is -2.21. The third-order valence-corrected chi connectivity index (χ3v) is 4.43. The molecule has 2 N–H and O–H groups in total. The van der Waals surface area contributed by atoms with Gasteiger partial charge in [-0.3, -0.25) is 4.79 Å². The first-order chi connectivity index (χ1) is 9.60. The van der Waals surface area contributed by atoms with Crippen LogP contribution in [0.3, 0.4) is 0 Å². The average Bonchev–Trinajstić information content (AvgIpc) is 2.46. The fourth-order valence-electron chi connectivity index (χ4n) is 2.94. The van der Waals surface area contributed by atoms with Crippen molar-refractivity contribution in [3.05, 3.63) is 29.3 Å². The van der Waals surface area contributed by atoms with Crippen LogP contribution < -0.4 is 10.6 Å². The monoisotopic (exact) mass is 274 g/mol. The summed E-state index contributed by atoms with van der Waals surface area (Å²) in [4.78, 5) is 11.6. The standard InChI is InChI=1S/C17H26N2O/c1-12-4-6-14(7-5-12)11-19-16-9-8-15(10-13(16)2)17(20)18-3/h8-10,12,14,19H,4-7,11H2,1-3H3,(H,18,20). The smallest absolute Gasteiger partial charge is 0.251 e. The summed E-state index contributed by atoms with van der Waals surface area (Å²) < 4.78 is 0. The molecule has 0 radical (unpaired) electrons. The Balaban J connectivity index is 1.91. The molecule has 1 aliphatic carbocycles. The second kappa shape index (κ2) is 6.78. The van der Waals surface area contributed by atoms with Gasteiger partial charge in [0.2, 0.25) is 0 Å². The number of benzene rings is 1. The molecule has 1 amide bonds. The Morgan fingerprint density at radius 1 is 1.25 bits per heavy atom. The maximum absolute atomic E-state index is 11.6. The van der Waals surface area contributed by atoms with E-state index in [0.29, 0.717) is 0 Å². The van der Waals surface area contributed by atoms with Gasteiger partial charge in [0.1, 0.15) is 0 Å². The van der Waals surface area contributed by atoms with Gasteiger partial charge in [0.25, 0.3) is 5.91 Å². The van der Waals surface area contributed by atoms with E-state index in [9.17, 15) is 4.79 Å². The Bertz CT molecular complexity index is 462. The van der Waals surface area contributed by atoms with E-state index in [-0.39, 0.29) is 5.91 Å². The van der Waals surface area contributed by atoms with E-state index >= 15 is 0 Å². The highest BCUT2D eigenvalue weighted by Gasteiger charge is 2.18. The van der Waals surface area contributed by atoms with Crippen LogP contribution in [-0.2, 0) is 0 Å². The molecule has 0 atom stereocenters. The SMILES string of the molecule is CNC(=O)c1ccc(NCC2CCC(C)CC2)c(C)c1. The lowest BCUT2D eigenvalue weighted by atomic mass is 9.83. The quantitative estimate of drug-likeness (QED) is 0.881. The van der Waals surface area contributed by atoms with Crippen LogP contribution in [0.25, 0.3) is 0 Å². The number of carbonyl (C=O) groups is 1. The van der Waals surface area contributed by atoms with Crippen molar-refractivity contribution in [2.75, 3.05) is 18.9 Å². The first-order valence-corrected chi connectivity index (χ1v) is 7.66. The van der Waals surface area contributed by atoms with Crippen LogP contribution in [0.15, 0.2) is 18.2 Å². The number of amides is 1. The predicted molar refractivity (Wildman–Crippen MR) is 84.2 cm³/mol. The van der Waals surface area contributed by atoms with E-state index in [2.05, 4.69) is 24.5 Å². The topological polar surface area (TPSA) is 41.1 Å². The molecular weight excluding hydrogens is 248 g/mol. The fourth-order valence-corrected chi connectivity index (χ4v) is 2.94. The molecule has 0 heterocycles. The number of carbonyl (C=O) groups excluding carboxylic acids is 1. The molecular formula is C17H26N2O. The van der Waals surface area contributed by atoms with E-state index in [1.165, 1.54) is 25.7 Å². The van der Waals surface area contributed by atoms with Crippen molar-refractivity contribution in [2.45, 2.75) is 39.5 Å². The largest absolute Gasteiger partial charge is 0.385 e. The Morgan fingerprint density at radius 2 is 1.95 bits per heavy atom. The molecule has 3 nitrogen and oxygen atoms in total. The van der Waals surface area contributed by atoms with Gasteiger partial charge in [0.05, 0.1) is 0 Å². The van der Waals surface area contributed by atoms with Crippen molar-refractivity contribution in [3.63, 3.8) is 0 Å². The lowest BCUT2D eigenvalue weighted by molar-refractivity contribution is 0.0963. The molecule has 0 bridgehead atoms. The Kier molecular flexibility index (Phi) is 5.05. The van der Waals surface area contributed by atoms with Gasteiger partial charge in [-0.2, -0.15) is 0 Å². The van der Waals surface area contributed by atoms with Crippen molar-refractivity contribution in [1.82, 2.24) is 5.32 Å². The minimum absolute atomic E-state index is 0.0269. The normalized spacial score (nSPS) is 22.4. The summed E-state index contributed by atoms with van der Waals surface area (Å²) in [5, 5.41) is 6.21.